The lowest BCUT2D eigenvalue weighted by atomic mass is 10.2. The van der Waals surface area contributed by atoms with Crippen LogP contribution >= 0.6 is 0 Å². The second kappa shape index (κ2) is 8.71. The van der Waals surface area contributed by atoms with Gasteiger partial charge in [0.1, 0.15) is 30.3 Å². The van der Waals surface area contributed by atoms with Crippen molar-refractivity contribution in [1.82, 2.24) is 29.4 Å². The molecule has 34 heavy (non-hydrogen) atoms. The van der Waals surface area contributed by atoms with Gasteiger partial charge in [-0.15, -0.1) is 0 Å². The van der Waals surface area contributed by atoms with Crippen LogP contribution < -0.4 is 5.32 Å². The number of carbonyl (C=O) groups is 1. The van der Waals surface area contributed by atoms with Crippen molar-refractivity contribution < 1.29 is 13.2 Å². The molecule has 5 aromatic rings. The number of fused-ring (bicyclic) bond motifs is 2. The van der Waals surface area contributed by atoms with Gasteiger partial charge in [-0.2, -0.15) is 0 Å². The Morgan fingerprint density at radius 1 is 0.941 bits per heavy atom. The zero-order valence-electron chi connectivity index (χ0n) is 18.4. The normalized spacial score (nSPS) is 11.8. The zero-order valence-corrected chi connectivity index (χ0v) is 19.2. The Morgan fingerprint density at radius 3 is 2.41 bits per heavy atom. The van der Waals surface area contributed by atoms with Crippen molar-refractivity contribution in [2.75, 3.05) is 6.26 Å². The highest BCUT2D eigenvalue weighted by molar-refractivity contribution is 7.89. The van der Waals surface area contributed by atoms with Crippen molar-refractivity contribution in [2.45, 2.75) is 18.8 Å². The molecule has 0 atom stereocenters. The number of para-hydroxylation sites is 4. The molecule has 0 fully saturated rings. The minimum atomic E-state index is -3.30. The molecule has 0 spiro atoms. The summed E-state index contributed by atoms with van der Waals surface area (Å²) >= 11 is 0. The van der Waals surface area contributed by atoms with Gasteiger partial charge in [0.25, 0.3) is 0 Å². The third-order valence-corrected chi connectivity index (χ3v) is 6.21. The number of pyridine rings is 1. The van der Waals surface area contributed by atoms with E-state index in [0.29, 0.717) is 17.9 Å². The maximum atomic E-state index is 12.7. The fourth-order valence-corrected chi connectivity index (χ4v) is 4.54. The summed E-state index contributed by atoms with van der Waals surface area (Å²) in [4.78, 5) is 26.0. The largest absolute Gasteiger partial charge is 0.350 e. The molecule has 0 saturated heterocycles. The lowest BCUT2D eigenvalue weighted by Gasteiger charge is -2.10. The molecule has 0 radical (unpaired) electrons. The van der Waals surface area contributed by atoms with Crippen LogP contribution in [0.2, 0.25) is 0 Å². The summed E-state index contributed by atoms with van der Waals surface area (Å²) in [7, 11) is -3.30. The maximum absolute atomic E-state index is 12.7. The van der Waals surface area contributed by atoms with Crippen LogP contribution in [0.15, 0.2) is 73.2 Å². The van der Waals surface area contributed by atoms with Gasteiger partial charge in [0.15, 0.2) is 9.84 Å². The number of amides is 1. The summed E-state index contributed by atoms with van der Waals surface area (Å²) in [6.45, 7) is 0.267. The van der Waals surface area contributed by atoms with E-state index in [2.05, 4.69) is 20.3 Å². The fourth-order valence-electron chi connectivity index (χ4n) is 3.85. The average molecular weight is 475 g/mol. The van der Waals surface area contributed by atoms with Gasteiger partial charge < -0.3 is 9.88 Å². The number of aromatic nitrogens is 5. The van der Waals surface area contributed by atoms with E-state index in [-0.39, 0.29) is 18.2 Å². The van der Waals surface area contributed by atoms with E-state index in [9.17, 15) is 13.2 Å². The van der Waals surface area contributed by atoms with Crippen molar-refractivity contribution >= 4 is 37.8 Å². The Bertz CT molecular complexity index is 1600. The molecule has 3 aromatic heterocycles. The number of nitrogens with one attached hydrogen (secondary N) is 1. The average Bonchev–Trinajstić information content (AvgIpc) is 3.39. The van der Waals surface area contributed by atoms with Crippen molar-refractivity contribution in [3.63, 3.8) is 0 Å². The van der Waals surface area contributed by atoms with Gasteiger partial charge in [-0.3, -0.25) is 9.36 Å². The number of benzene rings is 2. The molecule has 2 aromatic carbocycles. The van der Waals surface area contributed by atoms with E-state index in [4.69, 9.17) is 0 Å². The van der Waals surface area contributed by atoms with Gasteiger partial charge in [-0.05, 0) is 35.9 Å². The first-order valence-corrected chi connectivity index (χ1v) is 12.7. The minimum Gasteiger partial charge on any atom is -0.350 e. The molecule has 0 aliphatic heterocycles. The summed E-state index contributed by atoms with van der Waals surface area (Å²) in [5.41, 5.74) is 4.07. The number of hydrogen-bond donors (Lipinski definition) is 1. The first-order valence-electron chi connectivity index (χ1n) is 10.6. The van der Waals surface area contributed by atoms with E-state index < -0.39 is 9.84 Å². The van der Waals surface area contributed by atoms with Gasteiger partial charge in [0.2, 0.25) is 5.91 Å². The Kier molecular flexibility index (Phi) is 5.58. The van der Waals surface area contributed by atoms with E-state index in [1.165, 1.54) is 0 Å². The predicted molar refractivity (Wildman–Crippen MR) is 129 cm³/mol. The number of carbonyl (C=O) groups excluding carboxylic acids is 1. The van der Waals surface area contributed by atoms with Crippen molar-refractivity contribution in [1.29, 1.82) is 0 Å². The summed E-state index contributed by atoms with van der Waals surface area (Å²) in [5, 5.41) is 2.88. The SMILES string of the molecule is CS(=O)(=O)Cc1nc2ccccc2n1CC(=O)NCc1ccc(-n2cnc3ccccc32)nc1. The molecule has 1 amide bonds. The molecular weight excluding hydrogens is 452 g/mol. The Balaban J connectivity index is 1.29. The minimum absolute atomic E-state index is 0.0299. The van der Waals surface area contributed by atoms with Crippen LogP contribution in [0.1, 0.15) is 11.4 Å². The molecular formula is C24H22N6O3S. The quantitative estimate of drug-likeness (QED) is 0.388. The van der Waals surface area contributed by atoms with Gasteiger partial charge in [0, 0.05) is 19.0 Å². The van der Waals surface area contributed by atoms with Crippen molar-refractivity contribution in [3.8, 4) is 5.82 Å². The number of sulfone groups is 1. The number of nitrogens with zero attached hydrogens (tertiary/aromatic N) is 5. The highest BCUT2D eigenvalue weighted by atomic mass is 32.2. The Morgan fingerprint density at radius 2 is 1.68 bits per heavy atom. The Hall–Kier alpha value is -4.05. The topological polar surface area (TPSA) is 112 Å². The molecule has 10 heteroatoms. The van der Waals surface area contributed by atoms with E-state index in [1.54, 1.807) is 23.2 Å². The third kappa shape index (κ3) is 4.53. The molecule has 5 rings (SSSR count). The second-order valence-electron chi connectivity index (χ2n) is 8.08. The number of hydrogen-bond acceptors (Lipinski definition) is 6. The zero-order chi connectivity index (χ0) is 23.7. The highest BCUT2D eigenvalue weighted by Crippen LogP contribution is 2.18. The lowest BCUT2D eigenvalue weighted by molar-refractivity contribution is -0.121. The van der Waals surface area contributed by atoms with Crippen LogP contribution in [0.4, 0.5) is 0 Å². The highest BCUT2D eigenvalue weighted by Gasteiger charge is 2.17. The molecule has 3 heterocycles. The van der Waals surface area contributed by atoms with E-state index in [0.717, 1.165) is 34.2 Å². The first-order chi connectivity index (χ1) is 16.4. The third-order valence-electron chi connectivity index (χ3n) is 5.43. The van der Waals surface area contributed by atoms with Gasteiger partial charge >= 0.3 is 0 Å². The van der Waals surface area contributed by atoms with Crippen LogP contribution in [0.25, 0.3) is 27.9 Å². The molecule has 1 N–H and O–H groups in total. The van der Waals surface area contributed by atoms with Crippen LogP contribution in [0, 0.1) is 0 Å². The second-order valence-corrected chi connectivity index (χ2v) is 10.2. The predicted octanol–water partition coefficient (Wildman–Crippen LogP) is 2.63. The summed E-state index contributed by atoms with van der Waals surface area (Å²) in [6, 6.07) is 18.9. The molecule has 0 aliphatic carbocycles. The summed E-state index contributed by atoms with van der Waals surface area (Å²) < 4.78 is 27.2. The maximum Gasteiger partial charge on any atom is 0.240 e. The number of rotatable bonds is 7. The molecule has 0 bridgehead atoms. The molecule has 0 aliphatic rings. The summed E-state index contributed by atoms with van der Waals surface area (Å²) in [5.74, 6) is 0.600. The lowest BCUT2D eigenvalue weighted by Crippen LogP contribution is -2.28. The smallest absolute Gasteiger partial charge is 0.240 e. The van der Waals surface area contributed by atoms with Crippen LogP contribution in [0.3, 0.4) is 0 Å². The van der Waals surface area contributed by atoms with Crippen molar-refractivity contribution in [2.24, 2.45) is 0 Å². The molecule has 0 saturated carbocycles. The molecule has 172 valence electrons. The molecule has 0 unspecified atom stereocenters. The van der Waals surface area contributed by atoms with Crippen LogP contribution in [-0.4, -0.2) is 44.7 Å². The van der Waals surface area contributed by atoms with Gasteiger partial charge in [-0.25, -0.2) is 23.4 Å². The molecule has 9 nitrogen and oxygen atoms in total. The Labute approximate surface area is 196 Å². The first kappa shape index (κ1) is 21.8. The van der Waals surface area contributed by atoms with Crippen LogP contribution in [0.5, 0.6) is 0 Å². The monoisotopic (exact) mass is 474 g/mol. The van der Waals surface area contributed by atoms with E-state index >= 15 is 0 Å². The van der Waals surface area contributed by atoms with Gasteiger partial charge in [0.05, 0.1) is 22.1 Å². The number of imidazole rings is 2. The van der Waals surface area contributed by atoms with Gasteiger partial charge in [-0.1, -0.05) is 30.3 Å². The van der Waals surface area contributed by atoms with Crippen molar-refractivity contribution in [3.05, 3.63) is 84.6 Å². The summed E-state index contributed by atoms with van der Waals surface area (Å²) in [6.07, 6.45) is 4.60. The standard InChI is InChI=1S/C24H22N6O3S/c1-34(32,33)15-23-28-19-7-3-5-9-21(19)29(23)14-24(31)26-13-17-10-11-22(25-12-17)30-16-27-18-6-2-4-8-20(18)30/h2-12,16H,13-15H2,1H3,(H,26,31). The van der Waals surface area contributed by atoms with E-state index in [1.807, 2.05) is 59.2 Å². The fraction of sp³-hybridized carbons (Fsp3) is 0.167. The van der Waals surface area contributed by atoms with Crippen LogP contribution in [-0.2, 0) is 33.5 Å².